The van der Waals surface area contributed by atoms with E-state index in [0.717, 1.165) is 9.44 Å². The number of hydrogen-bond donors (Lipinski definition) is 0. The second-order valence-electron chi connectivity index (χ2n) is 5.12. The number of fused-ring (bicyclic) bond motifs is 1. The van der Waals surface area contributed by atoms with Crippen molar-refractivity contribution in [3.63, 3.8) is 0 Å². The zero-order valence-corrected chi connectivity index (χ0v) is 13.6. The van der Waals surface area contributed by atoms with Gasteiger partial charge >= 0.3 is 5.69 Å². The maximum absolute atomic E-state index is 12.5. The van der Waals surface area contributed by atoms with Gasteiger partial charge in [-0.2, -0.15) is 4.98 Å². The highest BCUT2D eigenvalue weighted by Gasteiger charge is 2.18. The zero-order chi connectivity index (χ0) is 15.9. The van der Waals surface area contributed by atoms with Gasteiger partial charge in [0.25, 0.3) is 5.56 Å². The van der Waals surface area contributed by atoms with Crippen molar-refractivity contribution >= 4 is 22.9 Å². The second kappa shape index (κ2) is 5.66. The lowest BCUT2D eigenvalue weighted by Crippen LogP contribution is -2.39. The first-order chi connectivity index (χ1) is 10.5. The summed E-state index contributed by atoms with van der Waals surface area (Å²) in [7, 11) is 0. The predicted octanol–water partition coefficient (Wildman–Crippen LogP) is 2.25. The minimum atomic E-state index is -0.533. The number of aromatic nitrogens is 4. The molecular formula is C14H13ClN4O2S. The lowest BCUT2D eigenvalue weighted by Gasteiger charge is -2.15. The van der Waals surface area contributed by atoms with Crippen molar-refractivity contribution in [2.75, 3.05) is 0 Å². The second-order valence-corrected chi connectivity index (χ2v) is 6.81. The molecule has 2 aliphatic rings. The molecule has 0 aromatic carbocycles. The van der Waals surface area contributed by atoms with Crippen LogP contribution in [0.2, 0.25) is 4.47 Å². The SMILES string of the molecule is CC(C)n1c(=O)nc2n(Cc3cnc(Cl)s3)cccc-2c1=O. The highest BCUT2D eigenvalue weighted by molar-refractivity contribution is 7.15. The molecule has 1 aromatic heterocycles. The number of thiazole rings is 1. The fraction of sp³-hybridized carbons (Fsp3) is 0.286. The van der Waals surface area contributed by atoms with Crippen LogP contribution in [0, 0.1) is 0 Å². The van der Waals surface area contributed by atoms with Gasteiger partial charge in [0.05, 0.1) is 12.1 Å². The molecule has 0 aliphatic carbocycles. The number of pyridine rings is 1. The molecule has 0 saturated carbocycles. The van der Waals surface area contributed by atoms with E-state index in [1.54, 1.807) is 42.9 Å². The summed E-state index contributed by atoms with van der Waals surface area (Å²) in [6, 6.07) is 3.22. The number of halogens is 1. The van der Waals surface area contributed by atoms with E-state index in [2.05, 4.69) is 9.97 Å². The first kappa shape index (κ1) is 14.9. The monoisotopic (exact) mass is 336 g/mol. The number of nitrogens with zero attached hydrogens (tertiary/aromatic N) is 4. The highest BCUT2D eigenvalue weighted by Crippen LogP contribution is 2.21. The summed E-state index contributed by atoms with van der Waals surface area (Å²) in [4.78, 5) is 33.6. The zero-order valence-electron chi connectivity index (χ0n) is 12.0. The van der Waals surface area contributed by atoms with Crippen LogP contribution in [-0.4, -0.2) is 19.1 Å². The summed E-state index contributed by atoms with van der Waals surface area (Å²) in [6.07, 6.45) is 3.45. The average Bonchev–Trinajstić information content (AvgIpc) is 2.85. The van der Waals surface area contributed by atoms with Crippen molar-refractivity contribution in [3.8, 4) is 11.4 Å². The quantitative estimate of drug-likeness (QED) is 0.735. The Hall–Kier alpha value is -1.99. The minimum Gasteiger partial charge on any atom is -0.327 e. The number of rotatable bonds is 3. The molecule has 0 atom stereocenters. The van der Waals surface area contributed by atoms with Gasteiger partial charge in [-0.05, 0) is 26.0 Å². The molecule has 0 N–H and O–H groups in total. The third-order valence-corrected chi connectivity index (χ3v) is 4.37. The third kappa shape index (κ3) is 2.57. The smallest absolute Gasteiger partial charge is 0.327 e. The van der Waals surface area contributed by atoms with Gasteiger partial charge in [0.2, 0.25) is 0 Å². The predicted molar refractivity (Wildman–Crippen MR) is 86.0 cm³/mol. The molecule has 0 radical (unpaired) electrons. The normalized spacial score (nSPS) is 11.5. The van der Waals surface area contributed by atoms with Crippen LogP contribution in [-0.2, 0) is 6.54 Å². The first-order valence-corrected chi connectivity index (χ1v) is 7.88. The van der Waals surface area contributed by atoms with E-state index in [9.17, 15) is 9.59 Å². The van der Waals surface area contributed by atoms with Gasteiger partial charge in [0.1, 0.15) is 0 Å². The van der Waals surface area contributed by atoms with Gasteiger partial charge in [0.15, 0.2) is 10.3 Å². The topological polar surface area (TPSA) is 69.8 Å². The Morgan fingerprint density at radius 2 is 2.14 bits per heavy atom. The third-order valence-electron chi connectivity index (χ3n) is 3.27. The van der Waals surface area contributed by atoms with Crippen LogP contribution in [0.1, 0.15) is 24.8 Å². The summed E-state index contributed by atoms with van der Waals surface area (Å²) in [5.74, 6) is 0.374. The lowest BCUT2D eigenvalue weighted by molar-refractivity contribution is 0.543. The summed E-state index contributed by atoms with van der Waals surface area (Å²) >= 11 is 7.18. The largest absolute Gasteiger partial charge is 0.352 e. The molecule has 114 valence electrons. The minimum absolute atomic E-state index is 0.231. The van der Waals surface area contributed by atoms with Crippen molar-refractivity contribution in [1.29, 1.82) is 0 Å². The molecule has 3 rings (SSSR count). The van der Waals surface area contributed by atoms with Gasteiger partial charge in [-0.15, -0.1) is 11.3 Å². The molecule has 22 heavy (non-hydrogen) atoms. The average molecular weight is 337 g/mol. The van der Waals surface area contributed by atoms with Crippen molar-refractivity contribution in [2.24, 2.45) is 0 Å². The summed E-state index contributed by atoms with van der Waals surface area (Å²) in [5.41, 5.74) is -0.428. The first-order valence-electron chi connectivity index (χ1n) is 6.69. The van der Waals surface area contributed by atoms with E-state index in [1.165, 1.54) is 11.3 Å². The Bertz CT molecular complexity index is 912. The standard InChI is InChI=1S/C14H13ClN4O2S/c1-8(2)19-12(20)10-4-3-5-18(11(10)17-14(19)21)7-9-6-16-13(15)22-9/h3-6,8H,7H2,1-2H3. The fourth-order valence-corrected chi connectivity index (χ4v) is 3.28. The summed E-state index contributed by atoms with van der Waals surface area (Å²) < 4.78 is 3.37. The van der Waals surface area contributed by atoms with E-state index in [1.807, 2.05) is 0 Å². The molecular weight excluding hydrogens is 324 g/mol. The molecule has 1 aromatic rings. The highest BCUT2D eigenvalue weighted by atomic mass is 35.5. The Morgan fingerprint density at radius 1 is 1.36 bits per heavy atom. The van der Waals surface area contributed by atoms with Crippen LogP contribution < -0.4 is 11.2 Å². The maximum atomic E-state index is 12.5. The Morgan fingerprint density at radius 3 is 2.77 bits per heavy atom. The van der Waals surface area contributed by atoms with Crippen molar-refractivity contribution < 1.29 is 0 Å². The molecule has 0 amide bonds. The van der Waals surface area contributed by atoms with E-state index in [-0.39, 0.29) is 11.6 Å². The van der Waals surface area contributed by atoms with Crippen molar-refractivity contribution in [2.45, 2.75) is 26.4 Å². The number of hydrogen-bond acceptors (Lipinski definition) is 5. The Labute approximate surface area is 135 Å². The Balaban J connectivity index is 2.17. The molecule has 8 heteroatoms. The summed E-state index contributed by atoms with van der Waals surface area (Å²) in [5, 5.41) is 0. The molecule has 0 spiro atoms. The fourth-order valence-electron chi connectivity index (χ4n) is 2.30. The van der Waals surface area contributed by atoms with Gasteiger partial charge < -0.3 is 4.57 Å². The molecule has 0 unspecified atom stereocenters. The molecule has 0 bridgehead atoms. The Kier molecular flexibility index (Phi) is 3.84. The lowest BCUT2D eigenvalue weighted by atomic mass is 10.2. The van der Waals surface area contributed by atoms with Crippen LogP contribution in [0.15, 0.2) is 34.1 Å². The van der Waals surface area contributed by atoms with Gasteiger partial charge in [-0.1, -0.05) is 11.6 Å². The van der Waals surface area contributed by atoms with E-state index in [0.29, 0.717) is 22.4 Å². The van der Waals surface area contributed by atoms with Crippen molar-refractivity contribution in [3.05, 3.63) is 54.7 Å². The molecule has 0 fully saturated rings. The summed E-state index contributed by atoms with van der Waals surface area (Å²) in [6.45, 7) is 4.03. The van der Waals surface area contributed by atoms with Gasteiger partial charge in [-0.25, -0.2) is 9.78 Å². The molecule has 2 aliphatic heterocycles. The van der Waals surface area contributed by atoms with Crippen molar-refractivity contribution in [1.82, 2.24) is 19.1 Å². The molecule has 3 heterocycles. The van der Waals surface area contributed by atoms with Crippen LogP contribution >= 0.6 is 22.9 Å². The van der Waals surface area contributed by atoms with Gasteiger partial charge in [0, 0.05) is 23.3 Å². The van der Waals surface area contributed by atoms with E-state index in [4.69, 9.17) is 11.6 Å². The molecule has 0 saturated heterocycles. The van der Waals surface area contributed by atoms with Gasteiger partial charge in [-0.3, -0.25) is 9.36 Å². The van der Waals surface area contributed by atoms with Crippen LogP contribution in [0.3, 0.4) is 0 Å². The van der Waals surface area contributed by atoms with E-state index < -0.39 is 5.69 Å². The maximum Gasteiger partial charge on any atom is 0.352 e. The molecule has 6 nitrogen and oxygen atoms in total. The van der Waals surface area contributed by atoms with E-state index >= 15 is 0 Å². The van der Waals surface area contributed by atoms with Crippen LogP contribution in [0.25, 0.3) is 11.4 Å². The van der Waals surface area contributed by atoms with Crippen LogP contribution in [0.5, 0.6) is 0 Å². The van der Waals surface area contributed by atoms with Crippen LogP contribution in [0.4, 0.5) is 0 Å².